The molecule has 27 heavy (non-hydrogen) atoms. The molecule has 0 bridgehead atoms. The zero-order chi connectivity index (χ0) is 19.1. The average molecular weight is 367 g/mol. The van der Waals surface area contributed by atoms with Crippen molar-refractivity contribution in [1.82, 2.24) is 20.3 Å². The maximum Gasteiger partial charge on any atom is 0.319 e. The number of nitrogens with zero attached hydrogens (tertiary/aromatic N) is 3. The van der Waals surface area contributed by atoms with E-state index in [1.807, 2.05) is 30.3 Å². The highest BCUT2D eigenvalue weighted by atomic mass is 16.5. The van der Waals surface area contributed by atoms with Gasteiger partial charge in [-0.25, -0.2) is 4.79 Å². The van der Waals surface area contributed by atoms with Crippen molar-refractivity contribution in [3.63, 3.8) is 0 Å². The molecule has 140 valence electrons. The standard InChI is InChI=1S/C19H21N5O3/c1-26-17-10-6-9-15(18(17)27-2)22-19(25)23-16(13-24-20-11-12-21-24)14-7-4-3-5-8-14/h3-12,16H,13H2,1-2H3,(H2,22,23,25). The minimum atomic E-state index is -0.373. The highest BCUT2D eigenvalue weighted by Crippen LogP contribution is 2.34. The molecule has 0 aliphatic heterocycles. The molecule has 8 heteroatoms. The van der Waals surface area contributed by atoms with Gasteiger partial charge in [-0.2, -0.15) is 15.0 Å². The number of nitrogens with one attached hydrogen (secondary N) is 2. The van der Waals surface area contributed by atoms with Crippen LogP contribution in [0.4, 0.5) is 10.5 Å². The Hall–Kier alpha value is -3.55. The number of hydrogen-bond acceptors (Lipinski definition) is 5. The van der Waals surface area contributed by atoms with E-state index in [9.17, 15) is 4.79 Å². The van der Waals surface area contributed by atoms with Crippen LogP contribution in [0.3, 0.4) is 0 Å². The Bertz CT molecular complexity index is 868. The molecule has 0 saturated heterocycles. The molecule has 0 radical (unpaired) electrons. The Morgan fingerprint density at radius 2 is 1.78 bits per heavy atom. The second-order valence-corrected chi connectivity index (χ2v) is 5.69. The van der Waals surface area contributed by atoms with Gasteiger partial charge in [-0.05, 0) is 17.7 Å². The maximum absolute atomic E-state index is 12.6. The van der Waals surface area contributed by atoms with Crippen molar-refractivity contribution in [2.45, 2.75) is 12.6 Å². The molecule has 0 fully saturated rings. The van der Waals surface area contributed by atoms with Gasteiger partial charge in [-0.1, -0.05) is 36.4 Å². The molecule has 3 aromatic rings. The number of ether oxygens (including phenoxy) is 2. The topological polar surface area (TPSA) is 90.3 Å². The molecule has 0 aliphatic rings. The Kier molecular flexibility index (Phi) is 5.88. The molecule has 2 N–H and O–H groups in total. The van der Waals surface area contributed by atoms with Crippen LogP contribution in [0.5, 0.6) is 11.5 Å². The molecule has 1 unspecified atom stereocenters. The number of anilines is 1. The summed E-state index contributed by atoms with van der Waals surface area (Å²) in [6, 6.07) is 14.3. The van der Waals surface area contributed by atoms with Crippen molar-refractivity contribution in [1.29, 1.82) is 0 Å². The first-order valence-corrected chi connectivity index (χ1v) is 8.39. The zero-order valence-electron chi connectivity index (χ0n) is 15.1. The van der Waals surface area contributed by atoms with Gasteiger partial charge >= 0.3 is 6.03 Å². The predicted octanol–water partition coefficient (Wildman–Crippen LogP) is 2.86. The van der Waals surface area contributed by atoms with Crippen LogP contribution in [0.25, 0.3) is 0 Å². The van der Waals surface area contributed by atoms with Crippen LogP contribution in [0, 0.1) is 0 Å². The molecule has 8 nitrogen and oxygen atoms in total. The van der Waals surface area contributed by atoms with Crippen molar-refractivity contribution in [3.05, 3.63) is 66.5 Å². The van der Waals surface area contributed by atoms with Crippen LogP contribution in [0.15, 0.2) is 60.9 Å². The molecule has 2 amide bonds. The van der Waals surface area contributed by atoms with Gasteiger partial charge in [-0.3, -0.25) is 0 Å². The molecular weight excluding hydrogens is 346 g/mol. The van der Waals surface area contributed by atoms with E-state index in [2.05, 4.69) is 20.8 Å². The van der Waals surface area contributed by atoms with Crippen molar-refractivity contribution < 1.29 is 14.3 Å². The van der Waals surface area contributed by atoms with Gasteiger partial charge in [0.05, 0.1) is 44.9 Å². The Morgan fingerprint density at radius 3 is 2.44 bits per heavy atom. The first-order valence-electron chi connectivity index (χ1n) is 8.39. The zero-order valence-corrected chi connectivity index (χ0v) is 15.1. The van der Waals surface area contributed by atoms with Crippen molar-refractivity contribution in [3.8, 4) is 11.5 Å². The van der Waals surface area contributed by atoms with E-state index >= 15 is 0 Å². The number of aromatic nitrogens is 3. The van der Waals surface area contributed by atoms with E-state index in [1.54, 1.807) is 37.7 Å². The fourth-order valence-electron chi connectivity index (χ4n) is 2.72. The summed E-state index contributed by atoms with van der Waals surface area (Å²) in [5.41, 5.74) is 1.46. The Morgan fingerprint density at radius 1 is 1.04 bits per heavy atom. The van der Waals surface area contributed by atoms with Gasteiger partial charge in [0, 0.05) is 0 Å². The van der Waals surface area contributed by atoms with Crippen LogP contribution in [-0.2, 0) is 6.54 Å². The lowest BCUT2D eigenvalue weighted by molar-refractivity contribution is 0.246. The summed E-state index contributed by atoms with van der Waals surface area (Å²) < 4.78 is 10.6. The number of carbonyl (C=O) groups excluding carboxylic acids is 1. The van der Waals surface area contributed by atoms with Gasteiger partial charge < -0.3 is 20.1 Å². The summed E-state index contributed by atoms with van der Waals surface area (Å²) in [5.74, 6) is 0.996. The number of para-hydroxylation sites is 1. The summed E-state index contributed by atoms with van der Waals surface area (Å²) in [4.78, 5) is 14.2. The molecule has 0 aliphatic carbocycles. The average Bonchev–Trinajstić information content (AvgIpc) is 3.21. The molecule has 0 saturated carbocycles. The van der Waals surface area contributed by atoms with Crippen LogP contribution in [0.2, 0.25) is 0 Å². The van der Waals surface area contributed by atoms with Crippen LogP contribution in [-0.4, -0.2) is 35.2 Å². The third kappa shape index (κ3) is 4.55. The number of methoxy groups -OCH3 is 2. The number of carbonyl (C=O) groups is 1. The fourth-order valence-corrected chi connectivity index (χ4v) is 2.72. The van der Waals surface area contributed by atoms with E-state index < -0.39 is 0 Å². The van der Waals surface area contributed by atoms with E-state index in [0.29, 0.717) is 23.7 Å². The number of amides is 2. The normalized spacial score (nSPS) is 11.5. The predicted molar refractivity (Wildman–Crippen MR) is 101 cm³/mol. The number of urea groups is 1. The number of rotatable bonds is 7. The number of benzene rings is 2. The fraction of sp³-hybridized carbons (Fsp3) is 0.211. The quantitative estimate of drug-likeness (QED) is 0.670. The Labute approximate surface area is 157 Å². The first-order chi connectivity index (χ1) is 13.2. The molecule has 2 aromatic carbocycles. The molecule has 1 atom stereocenters. The lowest BCUT2D eigenvalue weighted by atomic mass is 10.1. The van der Waals surface area contributed by atoms with Crippen molar-refractivity contribution in [2.24, 2.45) is 0 Å². The summed E-state index contributed by atoms with van der Waals surface area (Å²) in [6.45, 7) is 0.402. The van der Waals surface area contributed by atoms with Gasteiger partial charge in [0.2, 0.25) is 0 Å². The lowest BCUT2D eigenvalue weighted by Crippen LogP contribution is -2.35. The largest absolute Gasteiger partial charge is 0.493 e. The third-order valence-corrected chi connectivity index (χ3v) is 3.97. The second-order valence-electron chi connectivity index (χ2n) is 5.69. The van der Waals surface area contributed by atoms with Gasteiger partial charge in [0.25, 0.3) is 0 Å². The lowest BCUT2D eigenvalue weighted by Gasteiger charge is -2.20. The van der Waals surface area contributed by atoms with E-state index in [1.165, 1.54) is 11.9 Å². The van der Waals surface area contributed by atoms with Gasteiger partial charge in [-0.15, -0.1) is 0 Å². The molecular formula is C19H21N5O3. The summed E-state index contributed by atoms with van der Waals surface area (Å²) in [5, 5.41) is 14.0. The first kappa shape index (κ1) is 18.2. The summed E-state index contributed by atoms with van der Waals surface area (Å²) >= 11 is 0. The van der Waals surface area contributed by atoms with Crippen molar-refractivity contribution in [2.75, 3.05) is 19.5 Å². The summed E-state index contributed by atoms with van der Waals surface area (Å²) in [6.07, 6.45) is 3.20. The van der Waals surface area contributed by atoms with Gasteiger partial charge in [0.15, 0.2) is 11.5 Å². The van der Waals surface area contributed by atoms with E-state index in [4.69, 9.17) is 9.47 Å². The maximum atomic E-state index is 12.6. The van der Waals surface area contributed by atoms with Crippen LogP contribution >= 0.6 is 0 Å². The molecule has 1 aromatic heterocycles. The van der Waals surface area contributed by atoms with Crippen LogP contribution in [0.1, 0.15) is 11.6 Å². The van der Waals surface area contributed by atoms with Gasteiger partial charge in [0.1, 0.15) is 0 Å². The minimum absolute atomic E-state index is 0.310. The minimum Gasteiger partial charge on any atom is -0.493 e. The SMILES string of the molecule is COc1cccc(NC(=O)NC(Cn2nccn2)c2ccccc2)c1OC. The van der Waals surface area contributed by atoms with Crippen LogP contribution < -0.4 is 20.1 Å². The molecule has 0 spiro atoms. The van der Waals surface area contributed by atoms with E-state index in [0.717, 1.165) is 5.56 Å². The smallest absolute Gasteiger partial charge is 0.319 e. The monoisotopic (exact) mass is 367 g/mol. The Balaban J connectivity index is 1.77. The summed E-state index contributed by atoms with van der Waals surface area (Å²) in [7, 11) is 3.07. The highest BCUT2D eigenvalue weighted by molar-refractivity contribution is 5.91. The highest BCUT2D eigenvalue weighted by Gasteiger charge is 2.18. The third-order valence-electron chi connectivity index (χ3n) is 3.97. The number of hydrogen-bond donors (Lipinski definition) is 2. The van der Waals surface area contributed by atoms with Crippen molar-refractivity contribution >= 4 is 11.7 Å². The second kappa shape index (κ2) is 8.70. The van der Waals surface area contributed by atoms with E-state index in [-0.39, 0.29) is 12.1 Å². The molecule has 3 rings (SSSR count). The molecule has 1 heterocycles.